The highest BCUT2D eigenvalue weighted by Gasteiger charge is 2.55. The Balaban J connectivity index is 1.05. The smallest absolute Gasteiger partial charge is 0.341 e. The van der Waals surface area contributed by atoms with Crippen molar-refractivity contribution in [2.75, 3.05) is 42.6 Å². The highest BCUT2D eigenvalue weighted by Crippen LogP contribution is 2.55. The molecule has 4 saturated carbocycles. The van der Waals surface area contributed by atoms with Crippen molar-refractivity contribution in [3.05, 3.63) is 48.2 Å². The van der Waals surface area contributed by atoms with Gasteiger partial charge in [-0.3, -0.25) is 4.79 Å². The largest absolute Gasteiger partial charge is 0.482 e. The van der Waals surface area contributed by atoms with Crippen LogP contribution < -0.4 is 19.9 Å². The van der Waals surface area contributed by atoms with Gasteiger partial charge in [0.15, 0.2) is 6.61 Å². The highest BCUT2D eigenvalue weighted by molar-refractivity contribution is 5.93. The lowest BCUT2D eigenvalue weighted by atomic mass is 9.52. The van der Waals surface area contributed by atoms with Gasteiger partial charge in [-0.15, -0.1) is 0 Å². The van der Waals surface area contributed by atoms with Gasteiger partial charge in [0.25, 0.3) is 5.91 Å². The summed E-state index contributed by atoms with van der Waals surface area (Å²) in [6.45, 7) is 2.82. The van der Waals surface area contributed by atoms with Gasteiger partial charge < -0.3 is 30.1 Å². The second kappa shape index (κ2) is 9.52. The summed E-state index contributed by atoms with van der Waals surface area (Å²) in [6.07, 6.45) is 4.77. The fraction of sp³-hybridized carbons (Fsp3) is 0.536. The van der Waals surface area contributed by atoms with Gasteiger partial charge >= 0.3 is 5.97 Å². The van der Waals surface area contributed by atoms with Gasteiger partial charge in [-0.25, -0.2) is 9.78 Å². The first-order valence-electron chi connectivity index (χ1n) is 13.3. The number of pyridine rings is 1. The number of piperazine rings is 1. The Morgan fingerprint density at radius 1 is 0.973 bits per heavy atom. The van der Waals surface area contributed by atoms with Crippen molar-refractivity contribution in [3.63, 3.8) is 0 Å². The first kappa shape index (κ1) is 24.0. The fourth-order valence-electron chi connectivity index (χ4n) is 7.26. The van der Waals surface area contributed by atoms with E-state index in [1.807, 2.05) is 24.3 Å². The van der Waals surface area contributed by atoms with Crippen molar-refractivity contribution in [3.8, 4) is 5.75 Å². The Kier molecular flexibility index (Phi) is 6.18. The van der Waals surface area contributed by atoms with Gasteiger partial charge in [0.1, 0.15) is 17.3 Å². The van der Waals surface area contributed by atoms with Crippen LogP contribution in [0.4, 0.5) is 11.5 Å². The fourth-order valence-corrected chi connectivity index (χ4v) is 7.26. The van der Waals surface area contributed by atoms with E-state index in [0.29, 0.717) is 29.2 Å². The SMILES string of the molecule is O=C(O)COc1ccc(N2CCN(c3cccc(C(=O)N[C@H]4C5CC6CC4C[C@](O)(C6)C5)n3)CC2)cc1. The summed E-state index contributed by atoms with van der Waals surface area (Å²) in [6, 6.07) is 13.2. The molecular weight excluding hydrogens is 472 g/mol. The van der Waals surface area contributed by atoms with Crippen LogP contribution in [0.25, 0.3) is 0 Å². The van der Waals surface area contributed by atoms with Crippen LogP contribution in [0.3, 0.4) is 0 Å². The molecule has 7 rings (SSSR count). The predicted octanol–water partition coefficient (Wildman–Crippen LogP) is 2.54. The van der Waals surface area contributed by atoms with Crippen LogP contribution in [0.1, 0.15) is 42.6 Å². The summed E-state index contributed by atoms with van der Waals surface area (Å²) < 4.78 is 5.22. The Bertz CT molecular complexity index is 1150. The minimum atomic E-state index is -0.997. The summed E-state index contributed by atoms with van der Waals surface area (Å²) in [5, 5.41) is 22.9. The molecule has 5 fully saturated rings. The first-order valence-corrected chi connectivity index (χ1v) is 13.3. The first-order chi connectivity index (χ1) is 17.8. The molecule has 4 aliphatic carbocycles. The maximum Gasteiger partial charge on any atom is 0.341 e. The molecular formula is C28H34N4O5. The van der Waals surface area contributed by atoms with Gasteiger partial charge in [-0.1, -0.05) is 6.07 Å². The van der Waals surface area contributed by atoms with Crippen molar-refractivity contribution >= 4 is 23.4 Å². The van der Waals surface area contributed by atoms with E-state index in [4.69, 9.17) is 14.8 Å². The van der Waals surface area contributed by atoms with Crippen LogP contribution in [-0.2, 0) is 4.79 Å². The number of carbonyl (C=O) groups excluding carboxylic acids is 1. The third kappa shape index (κ3) is 4.97. The van der Waals surface area contributed by atoms with Crippen LogP contribution in [0.2, 0.25) is 0 Å². The van der Waals surface area contributed by atoms with E-state index in [0.717, 1.165) is 69.8 Å². The molecule has 2 unspecified atom stereocenters. The zero-order valence-corrected chi connectivity index (χ0v) is 20.9. The van der Waals surface area contributed by atoms with Crippen molar-refractivity contribution in [2.24, 2.45) is 17.8 Å². The van der Waals surface area contributed by atoms with Crippen LogP contribution >= 0.6 is 0 Å². The second-order valence-electron chi connectivity index (χ2n) is 11.2. The van der Waals surface area contributed by atoms with Gasteiger partial charge in [0, 0.05) is 37.9 Å². The van der Waals surface area contributed by atoms with Crippen molar-refractivity contribution in [1.82, 2.24) is 10.3 Å². The number of rotatable bonds is 7. The quantitative estimate of drug-likeness (QED) is 0.525. The zero-order chi connectivity index (χ0) is 25.6. The number of anilines is 2. The van der Waals surface area contributed by atoms with E-state index >= 15 is 0 Å². The summed E-state index contributed by atoms with van der Waals surface area (Å²) in [4.78, 5) is 33.1. The van der Waals surface area contributed by atoms with Crippen molar-refractivity contribution in [2.45, 2.75) is 43.7 Å². The van der Waals surface area contributed by atoms with Gasteiger partial charge in [-0.05, 0) is 86.3 Å². The number of carboxylic acids is 1. The Labute approximate surface area is 216 Å². The normalized spacial score (nSPS) is 30.3. The summed E-state index contributed by atoms with van der Waals surface area (Å²) in [5.41, 5.74) is 1.00. The topological polar surface area (TPSA) is 115 Å². The van der Waals surface area contributed by atoms with Crippen LogP contribution in [0.5, 0.6) is 5.75 Å². The van der Waals surface area contributed by atoms with Gasteiger partial charge in [0.05, 0.1) is 5.60 Å². The molecule has 3 N–H and O–H groups in total. The average molecular weight is 507 g/mol. The van der Waals surface area contributed by atoms with Crippen molar-refractivity contribution in [1.29, 1.82) is 0 Å². The number of amides is 1. The molecule has 196 valence electrons. The van der Waals surface area contributed by atoms with Crippen LogP contribution in [0, 0.1) is 17.8 Å². The molecule has 9 heteroatoms. The molecule has 1 aromatic heterocycles. The van der Waals surface area contributed by atoms with Gasteiger partial charge in [0.2, 0.25) is 0 Å². The third-order valence-electron chi connectivity index (χ3n) is 8.67. The van der Waals surface area contributed by atoms with Crippen LogP contribution in [-0.4, -0.2) is 71.5 Å². The summed E-state index contributed by atoms with van der Waals surface area (Å²) >= 11 is 0. The monoisotopic (exact) mass is 506 g/mol. The Morgan fingerprint density at radius 2 is 1.65 bits per heavy atom. The molecule has 37 heavy (non-hydrogen) atoms. The van der Waals surface area contributed by atoms with E-state index in [1.165, 1.54) is 0 Å². The van der Waals surface area contributed by atoms with Gasteiger partial charge in [-0.2, -0.15) is 0 Å². The van der Waals surface area contributed by atoms with E-state index in [2.05, 4.69) is 15.1 Å². The Morgan fingerprint density at radius 3 is 2.30 bits per heavy atom. The van der Waals surface area contributed by atoms with E-state index in [-0.39, 0.29) is 18.6 Å². The highest BCUT2D eigenvalue weighted by atomic mass is 16.5. The molecule has 0 spiro atoms. The molecule has 2 aromatic rings. The predicted molar refractivity (Wildman–Crippen MR) is 138 cm³/mol. The van der Waals surface area contributed by atoms with Crippen molar-refractivity contribution < 1.29 is 24.5 Å². The number of ether oxygens (including phenoxy) is 1. The molecule has 1 aliphatic heterocycles. The molecule has 4 bridgehead atoms. The molecule has 1 amide bonds. The minimum absolute atomic E-state index is 0.116. The molecule has 2 heterocycles. The molecule has 0 radical (unpaired) electrons. The minimum Gasteiger partial charge on any atom is -0.482 e. The number of aliphatic hydroxyl groups is 1. The molecule has 1 saturated heterocycles. The number of aliphatic carboxylic acids is 1. The number of nitrogens with zero attached hydrogens (tertiary/aromatic N) is 3. The summed E-state index contributed by atoms with van der Waals surface area (Å²) in [7, 11) is 0. The number of hydrogen-bond donors (Lipinski definition) is 3. The molecule has 1 aromatic carbocycles. The number of carbonyl (C=O) groups is 2. The molecule has 5 aliphatic rings. The number of nitrogens with one attached hydrogen (secondary N) is 1. The molecule has 2 atom stereocenters. The van der Waals surface area contributed by atoms with E-state index < -0.39 is 11.6 Å². The lowest BCUT2D eigenvalue weighted by Crippen LogP contribution is -2.61. The zero-order valence-electron chi connectivity index (χ0n) is 20.9. The van der Waals surface area contributed by atoms with E-state index in [9.17, 15) is 14.7 Å². The lowest BCUT2D eigenvalue weighted by Gasteiger charge is -2.58. The maximum absolute atomic E-state index is 13.2. The number of carboxylic acid groups (broad SMARTS) is 1. The maximum atomic E-state index is 13.2. The second-order valence-corrected chi connectivity index (χ2v) is 11.2. The molecule has 9 nitrogen and oxygen atoms in total. The van der Waals surface area contributed by atoms with Crippen LogP contribution in [0.15, 0.2) is 42.5 Å². The third-order valence-corrected chi connectivity index (χ3v) is 8.67. The summed E-state index contributed by atoms with van der Waals surface area (Å²) in [5.74, 6) is 1.58. The Hall–Kier alpha value is -3.33. The standard InChI is InChI=1S/C28H34N4O5/c33-25(34)17-37-22-6-4-21(5-7-22)31-8-10-32(11-9-31)24-3-1-2-23(29-24)27(35)30-26-19-12-18-13-20(26)16-28(36,14-18)15-19/h1-7,18-20,26,36H,8-17H2,(H,30,35)(H,33,34)/t18?,19?,20?,26-,28-. The average Bonchev–Trinajstić information content (AvgIpc) is 2.89. The number of hydrogen-bond acceptors (Lipinski definition) is 7. The number of benzene rings is 1. The van der Waals surface area contributed by atoms with E-state index in [1.54, 1.807) is 18.2 Å². The lowest BCUT2D eigenvalue weighted by molar-refractivity contribution is -0.139. The number of aromatic nitrogens is 1.